The molecule has 1 fully saturated rings. The van der Waals surface area contributed by atoms with Crippen molar-refractivity contribution in [2.75, 3.05) is 6.54 Å². The van der Waals surface area contributed by atoms with Gasteiger partial charge in [-0.15, -0.1) is 11.3 Å². The highest BCUT2D eigenvalue weighted by molar-refractivity contribution is 7.91. The Labute approximate surface area is 143 Å². The summed E-state index contributed by atoms with van der Waals surface area (Å²) in [7, 11) is -3.54. The van der Waals surface area contributed by atoms with Gasteiger partial charge in [0.25, 0.3) is 10.0 Å². The molecule has 3 aromatic rings. The Hall–Kier alpha value is -2.03. The summed E-state index contributed by atoms with van der Waals surface area (Å²) in [6.07, 6.45) is 6.57. The third-order valence-corrected chi connectivity index (χ3v) is 7.59. The Morgan fingerprint density at radius 1 is 1.25 bits per heavy atom. The molecule has 0 amide bonds. The summed E-state index contributed by atoms with van der Waals surface area (Å²) in [5.74, 6) is 0. The first-order valence-corrected chi connectivity index (χ1v) is 9.84. The molecule has 0 saturated carbocycles. The zero-order valence-corrected chi connectivity index (χ0v) is 14.3. The number of nitrogens with zero attached hydrogens (tertiary/aromatic N) is 3. The number of hydrogen-bond acceptors (Lipinski definition) is 6. The largest absolute Gasteiger partial charge is 0.364 e. The van der Waals surface area contributed by atoms with Crippen molar-refractivity contribution in [2.45, 2.75) is 23.1 Å². The molecule has 0 bridgehead atoms. The van der Waals surface area contributed by atoms with Crippen LogP contribution in [-0.4, -0.2) is 29.4 Å². The van der Waals surface area contributed by atoms with Gasteiger partial charge < -0.3 is 4.52 Å². The zero-order valence-electron chi connectivity index (χ0n) is 12.7. The molecule has 0 N–H and O–H groups in total. The molecule has 4 rings (SSSR count). The van der Waals surface area contributed by atoms with Crippen molar-refractivity contribution < 1.29 is 12.9 Å². The van der Waals surface area contributed by atoms with Gasteiger partial charge in [-0.25, -0.2) is 8.42 Å². The van der Waals surface area contributed by atoms with Crippen LogP contribution in [0.4, 0.5) is 0 Å². The molecule has 1 aliphatic heterocycles. The number of pyridine rings is 1. The molecule has 0 aromatic carbocycles. The third-order valence-electron chi connectivity index (χ3n) is 4.11. The first-order chi connectivity index (χ1) is 11.7. The Morgan fingerprint density at radius 2 is 2.17 bits per heavy atom. The van der Waals surface area contributed by atoms with Gasteiger partial charge in [0.2, 0.25) is 0 Å². The van der Waals surface area contributed by atoms with E-state index >= 15 is 0 Å². The van der Waals surface area contributed by atoms with Crippen molar-refractivity contribution >= 4 is 21.4 Å². The fourth-order valence-corrected chi connectivity index (χ4v) is 6.06. The Bertz CT molecular complexity index is 921. The fraction of sp³-hybridized carbons (Fsp3) is 0.250. The van der Waals surface area contributed by atoms with Crippen LogP contribution in [0.5, 0.6) is 0 Å². The molecule has 1 atom stereocenters. The van der Waals surface area contributed by atoms with E-state index in [2.05, 4.69) is 10.1 Å². The summed E-state index contributed by atoms with van der Waals surface area (Å²) >= 11 is 1.21. The lowest BCUT2D eigenvalue weighted by Gasteiger charge is -2.23. The lowest BCUT2D eigenvalue weighted by molar-refractivity contribution is 0.397. The maximum absolute atomic E-state index is 13.1. The SMILES string of the molecule is O=S(=O)(c1ccc(-c2ccon2)s1)N1CCCC1c1cccnc1. The van der Waals surface area contributed by atoms with Crippen LogP contribution in [-0.2, 0) is 10.0 Å². The van der Waals surface area contributed by atoms with Gasteiger partial charge in [-0.05, 0) is 36.6 Å². The van der Waals surface area contributed by atoms with Crippen LogP contribution in [0.1, 0.15) is 24.4 Å². The van der Waals surface area contributed by atoms with Crippen molar-refractivity contribution in [1.82, 2.24) is 14.4 Å². The van der Waals surface area contributed by atoms with E-state index in [4.69, 9.17) is 4.52 Å². The predicted octanol–water partition coefficient (Wildman–Crippen LogP) is 3.32. The Morgan fingerprint density at radius 3 is 2.92 bits per heavy atom. The lowest BCUT2D eigenvalue weighted by Crippen LogP contribution is -2.30. The van der Waals surface area contributed by atoms with Crippen LogP contribution in [0.3, 0.4) is 0 Å². The van der Waals surface area contributed by atoms with Gasteiger partial charge in [-0.2, -0.15) is 4.31 Å². The molecule has 1 aliphatic rings. The molecule has 6 nitrogen and oxygen atoms in total. The van der Waals surface area contributed by atoms with Crippen molar-refractivity contribution in [1.29, 1.82) is 0 Å². The highest BCUT2D eigenvalue weighted by Crippen LogP contribution is 2.39. The summed E-state index contributed by atoms with van der Waals surface area (Å²) in [5.41, 5.74) is 1.58. The van der Waals surface area contributed by atoms with Gasteiger partial charge >= 0.3 is 0 Å². The van der Waals surface area contributed by atoms with Gasteiger partial charge in [-0.1, -0.05) is 11.2 Å². The average Bonchev–Trinajstić information content (AvgIpc) is 3.35. The number of aromatic nitrogens is 2. The minimum atomic E-state index is -3.54. The van der Waals surface area contributed by atoms with E-state index < -0.39 is 10.0 Å². The summed E-state index contributed by atoms with van der Waals surface area (Å²) in [5, 5.41) is 3.86. The molecular weight excluding hydrogens is 346 g/mol. The van der Waals surface area contributed by atoms with E-state index in [0.717, 1.165) is 23.3 Å². The van der Waals surface area contributed by atoms with Crippen molar-refractivity contribution in [2.24, 2.45) is 0 Å². The molecule has 3 aromatic heterocycles. The smallest absolute Gasteiger partial charge is 0.253 e. The summed E-state index contributed by atoms with van der Waals surface area (Å²) in [4.78, 5) is 4.90. The van der Waals surface area contributed by atoms with Crippen molar-refractivity contribution in [3.8, 4) is 10.6 Å². The van der Waals surface area contributed by atoms with Crippen LogP contribution in [0.2, 0.25) is 0 Å². The highest BCUT2D eigenvalue weighted by atomic mass is 32.2. The standard InChI is InChI=1S/C16H15N3O3S2/c20-24(21,16-6-5-15(23-16)13-7-10-22-18-13)19-9-2-4-14(19)12-3-1-8-17-11-12/h1,3,5-8,10-11,14H,2,4,9H2. The quantitative estimate of drug-likeness (QED) is 0.712. The van der Waals surface area contributed by atoms with Crippen LogP contribution < -0.4 is 0 Å². The number of sulfonamides is 1. The normalized spacial score (nSPS) is 18.9. The molecule has 1 saturated heterocycles. The first-order valence-electron chi connectivity index (χ1n) is 7.58. The molecule has 124 valence electrons. The molecule has 4 heterocycles. The van der Waals surface area contributed by atoms with Crippen LogP contribution in [0.15, 0.2) is 57.7 Å². The molecule has 0 spiro atoms. The first kappa shape index (κ1) is 15.5. The number of rotatable bonds is 4. The maximum Gasteiger partial charge on any atom is 0.253 e. The minimum Gasteiger partial charge on any atom is -0.364 e. The third kappa shape index (κ3) is 2.66. The molecule has 0 aliphatic carbocycles. The highest BCUT2D eigenvalue weighted by Gasteiger charge is 2.37. The second kappa shape index (κ2) is 6.12. The predicted molar refractivity (Wildman–Crippen MR) is 89.9 cm³/mol. The average molecular weight is 361 g/mol. The number of hydrogen-bond donors (Lipinski definition) is 0. The molecular formula is C16H15N3O3S2. The monoisotopic (exact) mass is 361 g/mol. The second-order valence-electron chi connectivity index (χ2n) is 5.56. The summed E-state index contributed by atoms with van der Waals surface area (Å²) in [6, 6.07) is 8.75. The van der Waals surface area contributed by atoms with Gasteiger partial charge in [0.1, 0.15) is 16.2 Å². The minimum absolute atomic E-state index is 0.152. The Balaban J connectivity index is 1.67. The van der Waals surface area contributed by atoms with E-state index in [1.807, 2.05) is 12.1 Å². The topological polar surface area (TPSA) is 76.3 Å². The summed E-state index contributed by atoms with van der Waals surface area (Å²) < 4.78 is 32.9. The van der Waals surface area contributed by atoms with E-state index in [9.17, 15) is 8.42 Å². The van der Waals surface area contributed by atoms with Gasteiger partial charge in [0.15, 0.2) is 0 Å². The van der Waals surface area contributed by atoms with Gasteiger partial charge in [-0.3, -0.25) is 4.98 Å². The number of thiophene rings is 1. The molecule has 1 unspecified atom stereocenters. The molecule has 8 heteroatoms. The van der Waals surface area contributed by atoms with Gasteiger partial charge in [0.05, 0.1) is 10.9 Å². The molecule has 0 radical (unpaired) electrons. The van der Waals surface area contributed by atoms with Crippen LogP contribution in [0.25, 0.3) is 10.6 Å². The second-order valence-corrected chi connectivity index (χ2v) is 8.76. The van der Waals surface area contributed by atoms with E-state index in [1.165, 1.54) is 17.6 Å². The Kier molecular flexibility index (Phi) is 3.95. The summed E-state index contributed by atoms with van der Waals surface area (Å²) in [6.45, 7) is 0.527. The van der Waals surface area contributed by atoms with Crippen LogP contribution in [0, 0.1) is 0 Å². The lowest BCUT2D eigenvalue weighted by atomic mass is 10.1. The van der Waals surface area contributed by atoms with E-state index in [0.29, 0.717) is 16.4 Å². The zero-order chi connectivity index (χ0) is 16.6. The fourth-order valence-electron chi connectivity index (χ4n) is 2.99. The van der Waals surface area contributed by atoms with Gasteiger partial charge in [0, 0.05) is 25.0 Å². The van der Waals surface area contributed by atoms with Crippen molar-refractivity contribution in [3.63, 3.8) is 0 Å². The van der Waals surface area contributed by atoms with Crippen molar-refractivity contribution in [3.05, 3.63) is 54.6 Å². The molecule has 24 heavy (non-hydrogen) atoms. The van der Waals surface area contributed by atoms with E-state index in [-0.39, 0.29) is 6.04 Å². The van der Waals surface area contributed by atoms with E-state index in [1.54, 1.807) is 34.9 Å². The maximum atomic E-state index is 13.1. The van der Waals surface area contributed by atoms with Crippen LogP contribution >= 0.6 is 11.3 Å².